The molecule has 0 bridgehead atoms. The molecule has 2 N–H and O–H groups in total. The first-order chi connectivity index (χ1) is 15.7. The van der Waals surface area contributed by atoms with Crippen LogP contribution in [0.5, 0.6) is 0 Å². The first-order valence-corrected chi connectivity index (χ1v) is 10.4. The summed E-state index contributed by atoms with van der Waals surface area (Å²) in [7, 11) is 0. The molecule has 2 fully saturated rings. The van der Waals surface area contributed by atoms with E-state index < -0.39 is 5.91 Å². The lowest BCUT2D eigenvalue weighted by atomic mass is 10.2. The molecule has 0 radical (unpaired) electrons. The number of fused-ring (bicyclic) bond motifs is 1. The molecular weight excluding hydrogens is 414 g/mol. The number of ether oxygens (including phenoxy) is 2. The average molecular weight is 437 g/mol. The molecule has 4 heterocycles. The van der Waals surface area contributed by atoms with E-state index >= 15 is 0 Å². The number of nitrogens with one attached hydrogen (secondary N) is 2. The Morgan fingerprint density at radius 2 is 2.03 bits per heavy atom. The number of oxazole rings is 1. The van der Waals surface area contributed by atoms with E-state index in [1.807, 2.05) is 36.1 Å². The van der Waals surface area contributed by atoms with E-state index in [4.69, 9.17) is 13.9 Å². The Bertz CT molecular complexity index is 1150. The van der Waals surface area contributed by atoms with Gasteiger partial charge in [0.25, 0.3) is 5.89 Å². The molecule has 2 aliphatic heterocycles. The van der Waals surface area contributed by atoms with E-state index in [0.29, 0.717) is 50.9 Å². The Kier molecular flexibility index (Phi) is 5.65. The maximum absolute atomic E-state index is 12.5. The van der Waals surface area contributed by atoms with Crippen LogP contribution >= 0.6 is 0 Å². The van der Waals surface area contributed by atoms with E-state index in [1.165, 1.54) is 0 Å². The first kappa shape index (κ1) is 20.3. The molecule has 2 aromatic heterocycles. The Balaban J connectivity index is 1.43. The minimum atomic E-state index is -0.406. The van der Waals surface area contributed by atoms with Gasteiger partial charge in [-0.3, -0.25) is 4.79 Å². The van der Waals surface area contributed by atoms with Crippen LogP contribution in [0.1, 0.15) is 21.8 Å². The summed E-state index contributed by atoms with van der Waals surface area (Å²) in [4.78, 5) is 27.8. The molecule has 0 saturated carbocycles. The van der Waals surface area contributed by atoms with Gasteiger partial charge in [-0.05, 0) is 12.5 Å². The van der Waals surface area contributed by atoms with Gasteiger partial charge in [-0.25, -0.2) is 5.43 Å². The Hall–Kier alpha value is -3.57. The summed E-state index contributed by atoms with van der Waals surface area (Å²) in [5, 5.41) is 7.07. The second-order valence-corrected chi connectivity index (χ2v) is 7.63. The second-order valence-electron chi connectivity index (χ2n) is 7.63. The lowest BCUT2D eigenvalue weighted by molar-refractivity contribution is -0.00398. The van der Waals surface area contributed by atoms with E-state index in [-0.39, 0.29) is 23.5 Å². The van der Waals surface area contributed by atoms with Gasteiger partial charge in [0.15, 0.2) is 5.82 Å². The molecule has 11 heteroatoms. The van der Waals surface area contributed by atoms with Crippen LogP contribution in [0.2, 0.25) is 0 Å². The van der Waals surface area contributed by atoms with Crippen LogP contribution in [0.3, 0.4) is 0 Å². The molecule has 11 nitrogen and oxygen atoms in total. The van der Waals surface area contributed by atoms with Gasteiger partial charge in [-0.1, -0.05) is 29.8 Å². The number of carbonyl (C=O) groups excluding carboxylic acids is 1. The molecule has 5 rings (SSSR count). The first-order valence-electron chi connectivity index (χ1n) is 10.4. The Morgan fingerprint density at radius 3 is 2.78 bits per heavy atom. The lowest BCUT2D eigenvalue weighted by Crippen LogP contribution is -2.48. The SMILES string of the molecule is Cc1cccc(/C=N/Nc2nc(N3CCOCC3)c3oc(C(=O)NC4COC4)nc3n2)c1. The lowest BCUT2D eigenvalue weighted by Gasteiger charge is -2.27. The largest absolute Gasteiger partial charge is 0.427 e. The number of rotatable bonds is 6. The van der Waals surface area contributed by atoms with Crippen LogP contribution in [0.4, 0.5) is 11.8 Å². The van der Waals surface area contributed by atoms with Gasteiger partial charge >= 0.3 is 5.91 Å². The van der Waals surface area contributed by atoms with Crippen molar-refractivity contribution in [2.75, 3.05) is 49.8 Å². The molecule has 0 aliphatic carbocycles. The molecule has 0 unspecified atom stereocenters. The molecule has 0 spiro atoms. The van der Waals surface area contributed by atoms with Gasteiger partial charge in [-0.15, -0.1) is 0 Å². The van der Waals surface area contributed by atoms with E-state index in [0.717, 1.165) is 11.1 Å². The zero-order valence-corrected chi connectivity index (χ0v) is 17.6. The van der Waals surface area contributed by atoms with Gasteiger partial charge in [0.05, 0.1) is 38.7 Å². The standard InChI is InChI=1S/C21H23N7O4/c1-13-3-2-4-14(9-13)10-22-27-21-25-17-16(18(26-21)28-5-7-30-8-6-28)32-20(24-17)19(29)23-15-11-31-12-15/h2-4,9-10,15H,5-8,11-12H2,1H3,(H,23,29)(H,25,26,27)/b22-10+. The van der Waals surface area contributed by atoms with Crippen molar-refractivity contribution in [2.24, 2.45) is 5.10 Å². The summed E-state index contributed by atoms with van der Waals surface area (Å²) in [5.41, 5.74) is 5.60. The number of benzene rings is 1. The summed E-state index contributed by atoms with van der Waals surface area (Å²) in [6, 6.07) is 7.93. The molecule has 166 valence electrons. The maximum Gasteiger partial charge on any atom is 0.307 e. The van der Waals surface area contributed by atoms with Crippen molar-refractivity contribution in [1.29, 1.82) is 0 Å². The number of hydrogen-bond donors (Lipinski definition) is 2. The minimum Gasteiger partial charge on any atom is -0.427 e. The number of amides is 1. The van der Waals surface area contributed by atoms with Gasteiger partial charge in [0.2, 0.25) is 17.2 Å². The quantitative estimate of drug-likeness (QED) is 0.434. The monoisotopic (exact) mass is 437 g/mol. The van der Waals surface area contributed by atoms with Crippen molar-refractivity contribution >= 4 is 35.1 Å². The smallest absolute Gasteiger partial charge is 0.307 e. The van der Waals surface area contributed by atoms with Crippen LogP contribution in [0.15, 0.2) is 33.8 Å². The minimum absolute atomic E-state index is 0.0319. The molecule has 2 saturated heterocycles. The van der Waals surface area contributed by atoms with Gasteiger partial charge in [0.1, 0.15) is 0 Å². The van der Waals surface area contributed by atoms with Gasteiger partial charge < -0.3 is 24.1 Å². The highest BCUT2D eigenvalue weighted by molar-refractivity contribution is 5.94. The van der Waals surface area contributed by atoms with Crippen LogP contribution in [0.25, 0.3) is 11.2 Å². The van der Waals surface area contributed by atoms with Crippen LogP contribution in [-0.4, -0.2) is 72.6 Å². The number of nitrogens with zero attached hydrogens (tertiary/aromatic N) is 5. The third-order valence-corrected chi connectivity index (χ3v) is 5.13. The Morgan fingerprint density at radius 1 is 1.19 bits per heavy atom. The van der Waals surface area contributed by atoms with Crippen molar-refractivity contribution in [3.8, 4) is 0 Å². The van der Waals surface area contributed by atoms with Crippen molar-refractivity contribution in [3.63, 3.8) is 0 Å². The highest BCUT2D eigenvalue weighted by Gasteiger charge is 2.27. The number of hydrazone groups is 1. The zero-order valence-electron chi connectivity index (χ0n) is 17.6. The fourth-order valence-corrected chi connectivity index (χ4v) is 3.43. The summed E-state index contributed by atoms with van der Waals surface area (Å²) in [5.74, 6) is 0.341. The fourth-order valence-electron chi connectivity index (χ4n) is 3.43. The normalized spacial score (nSPS) is 17.0. The molecular formula is C21H23N7O4. The highest BCUT2D eigenvalue weighted by atomic mass is 16.5. The number of morpholine rings is 1. The molecule has 0 atom stereocenters. The van der Waals surface area contributed by atoms with E-state index in [9.17, 15) is 4.79 Å². The summed E-state index contributed by atoms with van der Waals surface area (Å²) >= 11 is 0. The zero-order chi connectivity index (χ0) is 21.9. The summed E-state index contributed by atoms with van der Waals surface area (Å²) in [6.07, 6.45) is 1.69. The van der Waals surface area contributed by atoms with Crippen molar-refractivity contribution in [2.45, 2.75) is 13.0 Å². The summed E-state index contributed by atoms with van der Waals surface area (Å²) in [6.45, 7) is 5.41. The van der Waals surface area contributed by atoms with Crippen molar-refractivity contribution < 1.29 is 18.7 Å². The molecule has 1 amide bonds. The highest BCUT2D eigenvalue weighted by Crippen LogP contribution is 2.27. The molecule has 3 aromatic rings. The van der Waals surface area contributed by atoms with Crippen LogP contribution in [0, 0.1) is 6.92 Å². The topological polar surface area (TPSA) is 127 Å². The van der Waals surface area contributed by atoms with Crippen molar-refractivity contribution in [3.05, 3.63) is 41.3 Å². The van der Waals surface area contributed by atoms with E-state index in [1.54, 1.807) is 6.21 Å². The summed E-state index contributed by atoms with van der Waals surface area (Å²) < 4.78 is 16.3. The predicted octanol–water partition coefficient (Wildman–Crippen LogP) is 1.34. The van der Waals surface area contributed by atoms with Crippen LogP contribution < -0.4 is 15.6 Å². The maximum atomic E-state index is 12.5. The second kappa shape index (κ2) is 8.89. The fraction of sp³-hybridized carbons (Fsp3) is 0.381. The molecule has 2 aliphatic rings. The van der Waals surface area contributed by atoms with Gasteiger partial charge in [-0.2, -0.15) is 20.1 Å². The Labute approximate surface area is 183 Å². The van der Waals surface area contributed by atoms with Crippen molar-refractivity contribution in [1.82, 2.24) is 20.3 Å². The third-order valence-electron chi connectivity index (χ3n) is 5.13. The van der Waals surface area contributed by atoms with Crippen LogP contribution in [-0.2, 0) is 9.47 Å². The predicted molar refractivity (Wildman–Crippen MR) is 117 cm³/mol. The molecule has 1 aromatic carbocycles. The number of anilines is 2. The number of aryl methyl sites for hydroxylation is 1. The number of hydrogen-bond acceptors (Lipinski definition) is 10. The average Bonchev–Trinajstić information content (AvgIpc) is 3.21. The van der Waals surface area contributed by atoms with Gasteiger partial charge in [0, 0.05) is 13.1 Å². The number of carbonyl (C=O) groups is 1. The van der Waals surface area contributed by atoms with E-state index in [2.05, 4.69) is 30.8 Å². The third kappa shape index (κ3) is 4.39. The number of aromatic nitrogens is 3. The molecule has 32 heavy (non-hydrogen) atoms.